The zero-order chi connectivity index (χ0) is 30.9. The summed E-state index contributed by atoms with van der Waals surface area (Å²) >= 11 is 0. The van der Waals surface area contributed by atoms with Gasteiger partial charge in [0.15, 0.2) is 0 Å². The molecule has 0 bridgehead atoms. The number of piperidine rings is 1. The van der Waals surface area contributed by atoms with Gasteiger partial charge in [0.25, 0.3) is 0 Å². The molecule has 2 fully saturated rings. The van der Waals surface area contributed by atoms with Crippen LogP contribution in [0.2, 0.25) is 0 Å². The van der Waals surface area contributed by atoms with Gasteiger partial charge < -0.3 is 30.7 Å². The van der Waals surface area contributed by atoms with Gasteiger partial charge in [0.1, 0.15) is 11.4 Å². The Morgan fingerprint density at radius 1 is 0.950 bits per heavy atom. The molecule has 0 aromatic heterocycles. The van der Waals surface area contributed by atoms with E-state index in [1.807, 2.05) is 0 Å². The molecule has 0 saturated carbocycles. The Labute approximate surface area is 222 Å². The van der Waals surface area contributed by atoms with Crippen LogP contribution in [0.15, 0.2) is 24.3 Å². The molecule has 18 heteroatoms. The summed E-state index contributed by atoms with van der Waals surface area (Å²) in [4.78, 5) is 44.6. The number of anilines is 1. The van der Waals surface area contributed by atoms with Gasteiger partial charge in [-0.1, -0.05) is 0 Å². The van der Waals surface area contributed by atoms with Crippen molar-refractivity contribution < 1.29 is 65.6 Å². The fourth-order valence-corrected chi connectivity index (χ4v) is 3.54. The average Bonchev–Trinajstić information content (AvgIpc) is 3.15. The van der Waals surface area contributed by atoms with Crippen molar-refractivity contribution in [3.05, 3.63) is 29.8 Å². The summed E-state index contributed by atoms with van der Waals surface area (Å²) in [6, 6.07) is 7.00. The number of hydrogen-bond acceptors (Lipinski definition) is 7. The van der Waals surface area contributed by atoms with Gasteiger partial charge in [0.2, 0.25) is 0 Å². The van der Waals surface area contributed by atoms with Crippen molar-refractivity contribution in [1.29, 1.82) is 5.41 Å². The number of nitrogens with one attached hydrogen (secondary N) is 1. The Morgan fingerprint density at radius 3 is 1.77 bits per heavy atom. The molecule has 2 aliphatic heterocycles. The van der Waals surface area contributed by atoms with E-state index in [1.165, 1.54) is 0 Å². The van der Waals surface area contributed by atoms with E-state index in [0.717, 1.165) is 38.2 Å². The van der Waals surface area contributed by atoms with Gasteiger partial charge in [-0.25, -0.2) is 14.4 Å². The molecule has 224 valence electrons. The average molecular weight is 588 g/mol. The Morgan fingerprint density at radius 2 is 1.40 bits per heavy atom. The highest BCUT2D eigenvalue weighted by atomic mass is 19.4. The molecule has 40 heavy (non-hydrogen) atoms. The van der Waals surface area contributed by atoms with Crippen LogP contribution in [0, 0.1) is 5.41 Å². The summed E-state index contributed by atoms with van der Waals surface area (Å²) in [5.74, 6) is -6.29. The van der Waals surface area contributed by atoms with E-state index in [4.69, 9.17) is 40.8 Å². The summed E-state index contributed by atoms with van der Waals surface area (Å²) in [5.41, 5.74) is 6.34. The van der Waals surface area contributed by atoms with Crippen molar-refractivity contribution in [2.45, 2.75) is 43.6 Å². The van der Waals surface area contributed by atoms with Gasteiger partial charge >= 0.3 is 36.4 Å². The molecule has 3 rings (SSSR count). The molecule has 1 aromatic carbocycles. The summed E-state index contributed by atoms with van der Waals surface area (Å²) in [7, 11) is 0. The first-order chi connectivity index (χ1) is 18.3. The van der Waals surface area contributed by atoms with Crippen molar-refractivity contribution in [3.63, 3.8) is 0 Å². The monoisotopic (exact) mass is 588 g/mol. The SMILES string of the molecule is N=C(N)c1ccc(N2CC3(CCN(CCCC(=O)O)CC3)OC2=O)cc1.O=C(O)C(F)(F)F.O=C(O)C(F)(F)F. The van der Waals surface area contributed by atoms with Crippen LogP contribution >= 0.6 is 0 Å². The third kappa shape index (κ3) is 11.0. The normalized spacial score (nSPS) is 16.6. The van der Waals surface area contributed by atoms with Gasteiger partial charge in [-0.2, -0.15) is 26.3 Å². The van der Waals surface area contributed by atoms with Crippen LogP contribution in [0.25, 0.3) is 0 Å². The van der Waals surface area contributed by atoms with Crippen LogP contribution in [0.5, 0.6) is 0 Å². The van der Waals surface area contributed by atoms with Gasteiger partial charge in [0.05, 0.1) is 6.54 Å². The third-order valence-corrected chi connectivity index (χ3v) is 5.58. The lowest BCUT2D eigenvalue weighted by Gasteiger charge is -2.37. The summed E-state index contributed by atoms with van der Waals surface area (Å²) in [5, 5.41) is 30.4. The fourth-order valence-electron chi connectivity index (χ4n) is 3.54. The molecule has 6 N–H and O–H groups in total. The minimum absolute atomic E-state index is 0.00714. The molecular weight excluding hydrogens is 562 g/mol. The van der Waals surface area contributed by atoms with Gasteiger partial charge in [-0.05, 0) is 37.2 Å². The van der Waals surface area contributed by atoms with Gasteiger partial charge in [0, 0.05) is 43.6 Å². The number of halogens is 6. The van der Waals surface area contributed by atoms with Gasteiger partial charge in [-0.15, -0.1) is 0 Å². The Hall–Kier alpha value is -4.09. The van der Waals surface area contributed by atoms with Crippen LogP contribution in [-0.4, -0.2) is 94.2 Å². The van der Waals surface area contributed by atoms with Crippen molar-refractivity contribution in [1.82, 2.24) is 4.90 Å². The van der Waals surface area contributed by atoms with Gasteiger partial charge in [-0.3, -0.25) is 15.1 Å². The molecule has 2 heterocycles. The van der Waals surface area contributed by atoms with E-state index in [1.54, 1.807) is 29.2 Å². The number of nitrogen functional groups attached to an aromatic ring is 1. The standard InChI is InChI=1S/C18H24N4O4.2C2HF3O2/c19-16(20)13-3-5-14(6-4-13)22-12-18(26-17(22)25)7-10-21(11-8-18)9-1-2-15(23)24;2*3-2(4,5)1(6)7/h3-6H,1-2,7-12H2,(H3,19,20)(H,23,24);2*(H,6,7). The maximum Gasteiger partial charge on any atom is 0.490 e. The number of amidine groups is 1. The molecular formula is C22H26F6N4O8. The fraction of sp³-hybridized carbons (Fsp3) is 0.500. The lowest BCUT2D eigenvalue weighted by Crippen LogP contribution is -2.47. The van der Waals surface area contributed by atoms with E-state index in [0.29, 0.717) is 18.5 Å². The predicted molar refractivity (Wildman–Crippen MR) is 124 cm³/mol. The number of hydrogen-bond donors (Lipinski definition) is 5. The minimum atomic E-state index is -5.08. The number of rotatable bonds is 6. The number of amides is 1. The summed E-state index contributed by atoms with van der Waals surface area (Å²) in [6.07, 6.45) is -8.21. The van der Waals surface area contributed by atoms with Crippen LogP contribution < -0.4 is 10.6 Å². The molecule has 0 unspecified atom stereocenters. The first-order valence-corrected chi connectivity index (χ1v) is 11.3. The summed E-state index contributed by atoms with van der Waals surface area (Å²) in [6.45, 7) is 2.86. The zero-order valence-corrected chi connectivity index (χ0v) is 20.6. The largest absolute Gasteiger partial charge is 0.490 e. The highest BCUT2D eigenvalue weighted by Crippen LogP contribution is 2.35. The van der Waals surface area contributed by atoms with Crippen LogP contribution in [-0.2, 0) is 19.1 Å². The van der Waals surface area contributed by atoms with E-state index < -0.39 is 35.9 Å². The number of aliphatic carboxylic acids is 3. The number of nitrogens with zero attached hydrogens (tertiary/aromatic N) is 2. The zero-order valence-electron chi connectivity index (χ0n) is 20.6. The highest BCUT2D eigenvalue weighted by Gasteiger charge is 2.47. The van der Waals surface area contributed by atoms with Crippen molar-refractivity contribution in [2.75, 3.05) is 31.1 Å². The van der Waals surface area contributed by atoms with E-state index in [2.05, 4.69) is 4.90 Å². The van der Waals surface area contributed by atoms with Crippen molar-refractivity contribution >= 4 is 35.5 Å². The second-order valence-electron chi connectivity index (χ2n) is 8.54. The molecule has 12 nitrogen and oxygen atoms in total. The number of ether oxygens (including phenoxy) is 1. The van der Waals surface area contributed by atoms with Crippen LogP contribution in [0.1, 0.15) is 31.2 Å². The lowest BCUT2D eigenvalue weighted by atomic mass is 9.91. The predicted octanol–water partition coefficient (Wildman–Crippen LogP) is 2.89. The summed E-state index contributed by atoms with van der Waals surface area (Å²) < 4.78 is 69.2. The number of alkyl halides is 6. The number of carboxylic acids is 3. The van der Waals surface area contributed by atoms with Crippen LogP contribution in [0.3, 0.4) is 0 Å². The van der Waals surface area contributed by atoms with E-state index in [-0.39, 0.29) is 18.3 Å². The second-order valence-corrected chi connectivity index (χ2v) is 8.54. The smallest absolute Gasteiger partial charge is 0.481 e. The second kappa shape index (κ2) is 13.8. The Balaban J connectivity index is 0.000000473. The number of carbonyl (C=O) groups is 4. The molecule has 1 amide bonds. The topological polar surface area (TPSA) is 195 Å². The first kappa shape index (κ1) is 33.9. The first-order valence-electron chi connectivity index (χ1n) is 11.3. The van der Waals surface area contributed by atoms with Crippen molar-refractivity contribution in [2.24, 2.45) is 5.73 Å². The third-order valence-electron chi connectivity index (χ3n) is 5.58. The number of nitrogens with two attached hydrogens (primary N) is 1. The lowest BCUT2D eigenvalue weighted by molar-refractivity contribution is -0.193. The molecule has 1 aromatic rings. The molecule has 1 spiro atoms. The minimum Gasteiger partial charge on any atom is -0.481 e. The molecule has 0 atom stereocenters. The Kier molecular flexibility index (Phi) is 11.7. The molecule has 0 radical (unpaired) electrons. The number of likely N-dealkylation sites (tertiary alicyclic amines) is 1. The van der Waals surface area contributed by atoms with Crippen LogP contribution in [0.4, 0.5) is 36.8 Å². The van der Waals surface area contributed by atoms with Crippen molar-refractivity contribution in [3.8, 4) is 0 Å². The Bertz CT molecular complexity index is 1050. The molecule has 2 aliphatic rings. The highest BCUT2D eigenvalue weighted by molar-refractivity contribution is 5.96. The quantitative estimate of drug-likeness (QED) is 0.187. The maximum absolute atomic E-state index is 12.4. The van der Waals surface area contributed by atoms with E-state index >= 15 is 0 Å². The molecule has 2 saturated heterocycles. The maximum atomic E-state index is 12.4. The number of carbonyl (C=O) groups excluding carboxylic acids is 1. The number of benzene rings is 1. The number of carboxylic acid groups (broad SMARTS) is 3. The van der Waals surface area contributed by atoms with E-state index in [9.17, 15) is 35.9 Å². The molecule has 0 aliphatic carbocycles.